The van der Waals surface area contributed by atoms with E-state index in [1.54, 1.807) is 0 Å². The van der Waals surface area contributed by atoms with Gasteiger partial charge in [-0.2, -0.15) is 0 Å². The van der Waals surface area contributed by atoms with Crippen LogP contribution < -0.4 is 5.73 Å². The number of oxazole rings is 1. The first kappa shape index (κ1) is 15.7. The van der Waals surface area contributed by atoms with Crippen molar-refractivity contribution in [1.82, 2.24) is 9.88 Å². The van der Waals surface area contributed by atoms with Gasteiger partial charge in [0.2, 0.25) is 5.89 Å². The number of amides is 1. The van der Waals surface area contributed by atoms with Crippen molar-refractivity contribution in [2.75, 3.05) is 19.6 Å². The highest BCUT2D eigenvalue weighted by Gasteiger charge is 2.22. The van der Waals surface area contributed by atoms with Crippen LogP contribution in [0, 0.1) is 5.92 Å². The molecule has 2 bridgehead atoms. The number of carbonyl (C=O) groups is 1. The van der Waals surface area contributed by atoms with E-state index < -0.39 is 5.91 Å². The quantitative estimate of drug-likeness (QED) is 0.925. The Kier molecular flexibility index (Phi) is 5.08. The summed E-state index contributed by atoms with van der Waals surface area (Å²) in [4.78, 5) is 17.3. The average Bonchev–Trinajstić information content (AvgIpc) is 2.85. The zero-order chi connectivity index (χ0) is 16.1. The standard InChI is InChI=1S/C10H8N2O2.C8H15N/c11-9(13)8-6-14-10(12-8)7-4-2-1-3-5-7;1-2-8-3-6-9(5-1)7-4-8/h1-6H,(H2,11,13);8H,1-7H2. The second-order valence-corrected chi connectivity index (χ2v) is 6.20. The number of carbonyl (C=O) groups excluding carboxylic acids is 1. The van der Waals surface area contributed by atoms with E-state index in [1.807, 2.05) is 30.3 Å². The van der Waals surface area contributed by atoms with E-state index >= 15 is 0 Å². The van der Waals surface area contributed by atoms with Gasteiger partial charge in [-0.3, -0.25) is 4.79 Å². The summed E-state index contributed by atoms with van der Waals surface area (Å²) in [6.45, 7) is 4.17. The monoisotopic (exact) mass is 313 g/mol. The van der Waals surface area contributed by atoms with Crippen molar-refractivity contribution < 1.29 is 9.21 Å². The molecule has 3 aliphatic heterocycles. The van der Waals surface area contributed by atoms with Crippen LogP contribution in [0.5, 0.6) is 0 Å². The van der Waals surface area contributed by atoms with Crippen molar-refractivity contribution in [2.24, 2.45) is 11.7 Å². The number of piperidine rings is 1. The second-order valence-electron chi connectivity index (χ2n) is 6.20. The number of aromatic nitrogens is 1. The minimum absolute atomic E-state index is 0.142. The molecule has 5 rings (SSSR count). The smallest absolute Gasteiger partial charge is 0.270 e. The SMILES string of the molecule is C1CC2CCN(C1)CC2.NC(=O)c1coc(-c2ccccc2)n1. The van der Waals surface area contributed by atoms with Crippen LogP contribution in [0.15, 0.2) is 41.0 Å². The van der Waals surface area contributed by atoms with Crippen LogP contribution in [0.25, 0.3) is 11.5 Å². The largest absolute Gasteiger partial charge is 0.444 e. The van der Waals surface area contributed by atoms with Crippen molar-refractivity contribution in [3.8, 4) is 11.5 Å². The van der Waals surface area contributed by atoms with Crippen LogP contribution in [0.1, 0.15) is 36.2 Å². The number of hydrogen-bond donors (Lipinski definition) is 1. The summed E-state index contributed by atoms with van der Waals surface area (Å²) < 4.78 is 5.10. The minimum atomic E-state index is -0.587. The van der Waals surface area contributed by atoms with Gasteiger partial charge in [0, 0.05) is 5.56 Å². The van der Waals surface area contributed by atoms with Gasteiger partial charge < -0.3 is 15.1 Å². The molecule has 0 unspecified atom stereocenters. The molecule has 3 fully saturated rings. The third kappa shape index (κ3) is 4.20. The first-order chi connectivity index (χ1) is 11.2. The fourth-order valence-electron chi connectivity index (χ4n) is 3.20. The molecule has 0 aliphatic carbocycles. The third-order valence-electron chi connectivity index (χ3n) is 4.57. The molecule has 2 N–H and O–H groups in total. The van der Waals surface area contributed by atoms with Gasteiger partial charge in [0.15, 0.2) is 5.69 Å². The Morgan fingerprint density at radius 2 is 1.87 bits per heavy atom. The number of fused-ring (bicyclic) bond motifs is 4. The number of primary amides is 1. The molecule has 23 heavy (non-hydrogen) atoms. The Balaban J connectivity index is 0.000000149. The van der Waals surface area contributed by atoms with Crippen LogP contribution in [0.4, 0.5) is 0 Å². The van der Waals surface area contributed by atoms with E-state index in [0.29, 0.717) is 5.89 Å². The van der Waals surface area contributed by atoms with Gasteiger partial charge >= 0.3 is 0 Å². The highest BCUT2D eigenvalue weighted by Crippen LogP contribution is 2.25. The molecule has 0 atom stereocenters. The van der Waals surface area contributed by atoms with Crippen LogP contribution in [-0.4, -0.2) is 35.4 Å². The number of benzene rings is 1. The molecule has 1 amide bonds. The summed E-state index contributed by atoms with van der Waals surface area (Å²) in [5.41, 5.74) is 6.01. The summed E-state index contributed by atoms with van der Waals surface area (Å²) in [7, 11) is 0. The molecular formula is C18H23N3O2. The molecule has 122 valence electrons. The van der Waals surface area contributed by atoms with E-state index in [-0.39, 0.29) is 5.69 Å². The Hall–Kier alpha value is -2.14. The van der Waals surface area contributed by atoms with Gasteiger partial charge in [0.05, 0.1) is 0 Å². The van der Waals surface area contributed by atoms with Gasteiger partial charge in [-0.15, -0.1) is 0 Å². The molecule has 3 aliphatic rings. The summed E-state index contributed by atoms with van der Waals surface area (Å²) in [5.74, 6) is 0.916. The van der Waals surface area contributed by atoms with E-state index in [4.69, 9.17) is 10.2 Å². The highest BCUT2D eigenvalue weighted by molar-refractivity contribution is 5.90. The van der Waals surface area contributed by atoms with E-state index in [9.17, 15) is 4.79 Å². The topological polar surface area (TPSA) is 72.4 Å². The maximum Gasteiger partial charge on any atom is 0.270 e. The maximum absolute atomic E-state index is 10.7. The predicted octanol–water partition coefficient (Wildman–Crippen LogP) is 2.93. The van der Waals surface area contributed by atoms with Gasteiger partial charge in [-0.1, -0.05) is 18.2 Å². The molecule has 1 aromatic heterocycles. The summed E-state index contributed by atoms with van der Waals surface area (Å²) in [5, 5.41) is 0. The van der Waals surface area contributed by atoms with Gasteiger partial charge in [-0.25, -0.2) is 4.98 Å². The average molecular weight is 313 g/mol. The number of rotatable bonds is 2. The second kappa shape index (κ2) is 7.42. The molecule has 3 saturated heterocycles. The molecule has 5 heteroatoms. The lowest BCUT2D eigenvalue weighted by Gasteiger charge is -2.25. The Morgan fingerprint density at radius 1 is 1.13 bits per heavy atom. The highest BCUT2D eigenvalue weighted by atomic mass is 16.3. The molecule has 0 radical (unpaired) electrons. The molecular weight excluding hydrogens is 290 g/mol. The van der Waals surface area contributed by atoms with Crippen molar-refractivity contribution in [1.29, 1.82) is 0 Å². The lowest BCUT2D eigenvalue weighted by atomic mass is 9.96. The molecule has 2 aromatic rings. The van der Waals surface area contributed by atoms with Crippen molar-refractivity contribution in [3.05, 3.63) is 42.3 Å². The van der Waals surface area contributed by atoms with Crippen molar-refractivity contribution in [2.45, 2.75) is 25.7 Å². The van der Waals surface area contributed by atoms with Gasteiger partial charge in [0.1, 0.15) is 6.26 Å². The molecule has 1 aromatic carbocycles. The Morgan fingerprint density at radius 3 is 2.52 bits per heavy atom. The fraction of sp³-hybridized carbons (Fsp3) is 0.444. The van der Waals surface area contributed by atoms with Crippen LogP contribution in [0.2, 0.25) is 0 Å². The number of nitrogens with zero attached hydrogens (tertiary/aromatic N) is 2. The maximum atomic E-state index is 10.7. The van der Waals surface area contributed by atoms with Crippen LogP contribution in [-0.2, 0) is 0 Å². The Labute approximate surface area is 136 Å². The summed E-state index contributed by atoms with van der Waals surface area (Å²) in [6.07, 6.45) is 7.20. The van der Waals surface area contributed by atoms with Crippen molar-refractivity contribution in [3.63, 3.8) is 0 Å². The zero-order valence-corrected chi connectivity index (χ0v) is 13.3. The normalized spacial score (nSPS) is 22.8. The molecule has 4 heterocycles. The molecule has 0 spiro atoms. The predicted molar refractivity (Wildman–Crippen MR) is 88.9 cm³/mol. The fourth-order valence-corrected chi connectivity index (χ4v) is 3.20. The van der Waals surface area contributed by atoms with Crippen LogP contribution in [0.3, 0.4) is 0 Å². The molecule has 5 nitrogen and oxygen atoms in total. The lowest BCUT2D eigenvalue weighted by Crippen LogP contribution is -2.30. The first-order valence-corrected chi connectivity index (χ1v) is 8.25. The van der Waals surface area contributed by atoms with Gasteiger partial charge in [0.25, 0.3) is 5.91 Å². The summed E-state index contributed by atoms with van der Waals surface area (Å²) in [6, 6.07) is 9.31. The minimum Gasteiger partial charge on any atom is -0.444 e. The van der Waals surface area contributed by atoms with Crippen LogP contribution >= 0.6 is 0 Å². The zero-order valence-electron chi connectivity index (χ0n) is 13.3. The van der Waals surface area contributed by atoms with E-state index in [0.717, 1.165) is 11.5 Å². The van der Waals surface area contributed by atoms with Gasteiger partial charge in [-0.05, 0) is 63.4 Å². The number of hydrogen-bond acceptors (Lipinski definition) is 4. The first-order valence-electron chi connectivity index (χ1n) is 8.25. The lowest BCUT2D eigenvalue weighted by molar-refractivity contribution is 0.0995. The number of nitrogens with two attached hydrogens (primary N) is 1. The van der Waals surface area contributed by atoms with E-state index in [1.165, 1.54) is 51.6 Å². The third-order valence-corrected chi connectivity index (χ3v) is 4.57. The van der Waals surface area contributed by atoms with E-state index in [2.05, 4.69) is 9.88 Å². The molecule has 0 saturated carbocycles. The summed E-state index contributed by atoms with van der Waals surface area (Å²) >= 11 is 0. The Bertz CT molecular complexity index is 613. The van der Waals surface area contributed by atoms with Crippen molar-refractivity contribution >= 4 is 5.91 Å².